The first-order valence-corrected chi connectivity index (χ1v) is 9.29. The van der Waals surface area contributed by atoms with Crippen LogP contribution in [0, 0.1) is 12.8 Å². The fraction of sp³-hybridized carbons (Fsp3) is 0.667. The number of hydrogen-bond acceptors (Lipinski definition) is 2. The SMILES string of the molecule is Cc1ccc(NC2CCCCC2C2CCCCN2)c(Br)c1. The molecule has 2 N–H and O–H groups in total. The molecule has 3 atom stereocenters. The van der Waals surface area contributed by atoms with Gasteiger partial charge in [-0.1, -0.05) is 25.3 Å². The minimum Gasteiger partial charge on any atom is -0.381 e. The van der Waals surface area contributed by atoms with E-state index in [0.717, 1.165) is 12.0 Å². The molecule has 0 amide bonds. The van der Waals surface area contributed by atoms with Crippen LogP contribution in [0.1, 0.15) is 50.5 Å². The third-order valence-corrected chi connectivity index (χ3v) is 5.81. The van der Waals surface area contributed by atoms with Gasteiger partial charge in [0.1, 0.15) is 0 Å². The molecule has 0 radical (unpaired) electrons. The summed E-state index contributed by atoms with van der Waals surface area (Å²) in [7, 11) is 0. The van der Waals surface area contributed by atoms with Crippen LogP contribution in [0.5, 0.6) is 0 Å². The Hall–Kier alpha value is -0.540. The van der Waals surface area contributed by atoms with Gasteiger partial charge in [-0.05, 0) is 78.7 Å². The molecule has 1 heterocycles. The Kier molecular flexibility index (Phi) is 5.23. The monoisotopic (exact) mass is 350 g/mol. The predicted octanol–water partition coefficient (Wildman–Crippen LogP) is 4.87. The molecule has 21 heavy (non-hydrogen) atoms. The van der Waals surface area contributed by atoms with Crippen molar-refractivity contribution in [2.45, 2.75) is 64.0 Å². The highest BCUT2D eigenvalue weighted by Crippen LogP contribution is 2.34. The highest BCUT2D eigenvalue weighted by molar-refractivity contribution is 9.10. The van der Waals surface area contributed by atoms with Gasteiger partial charge in [0.2, 0.25) is 0 Å². The highest BCUT2D eigenvalue weighted by atomic mass is 79.9. The van der Waals surface area contributed by atoms with E-state index in [9.17, 15) is 0 Å². The topological polar surface area (TPSA) is 24.1 Å². The Morgan fingerprint density at radius 2 is 1.90 bits per heavy atom. The van der Waals surface area contributed by atoms with Crippen LogP contribution >= 0.6 is 15.9 Å². The van der Waals surface area contributed by atoms with Crippen LogP contribution in [-0.4, -0.2) is 18.6 Å². The first-order chi connectivity index (χ1) is 10.2. The van der Waals surface area contributed by atoms with Gasteiger partial charge in [0.05, 0.1) is 0 Å². The van der Waals surface area contributed by atoms with Crippen LogP contribution in [0.3, 0.4) is 0 Å². The van der Waals surface area contributed by atoms with E-state index in [4.69, 9.17) is 0 Å². The summed E-state index contributed by atoms with van der Waals surface area (Å²) in [6.45, 7) is 3.35. The summed E-state index contributed by atoms with van der Waals surface area (Å²) in [4.78, 5) is 0. The molecule has 1 saturated carbocycles. The van der Waals surface area contributed by atoms with Gasteiger partial charge in [-0.3, -0.25) is 0 Å². The Bertz CT molecular complexity index is 468. The summed E-state index contributed by atoms with van der Waals surface area (Å²) in [6, 6.07) is 7.97. The van der Waals surface area contributed by atoms with Crippen LogP contribution in [0.25, 0.3) is 0 Å². The molecule has 1 aromatic rings. The van der Waals surface area contributed by atoms with E-state index in [0.29, 0.717) is 6.04 Å². The summed E-state index contributed by atoms with van der Waals surface area (Å²) in [6.07, 6.45) is 9.56. The largest absolute Gasteiger partial charge is 0.381 e. The second kappa shape index (κ2) is 7.15. The molecule has 2 nitrogen and oxygen atoms in total. The molecule has 2 fully saturated rings. The second-order valence-corrected chi connectivity index (χ2v) is 7.59. The molecule has 1 aliphatic carbocycles. The van der Waals surface area contributed by atoms with Gasteiger partial charge < -0.3 is 10.6 Å². The van der Waals surface area contributed by atoms with Crippen molar-refractivity contribution >= 4 is 21.6 Å². The van der Waals surface area contributed by atoms with Gasteiger partial charge in [0.15, 0.2) is 0 Å². The van der Waals surface area contributed by atoms with Crippen molar-refractivity contribution in [3.8, 4) is 0 Å². The zero-order valence-electron chi connectivity index (χ0n) is 13.0. The Labute approximate surface area is 137 Å². The summed E-state index contributed by atoms with van der Waals surface area (Å²) in [5.74, 6) is 0.784. The van der Waals surface area contributed by atoms with E-state index in [1.54, 1.807) is 0 Å². The van der Waals surface area contributed by atoms with E-state index < -0.39 is 0 Å². The fourth-order valence-electron chi connectivity index (χ4n) is 4.00. The molecular weight excluding hydrogens is 324 g/mol. The maximum atomic E-state index is 3.84. The lowest BCUT2D eigenvalue weighted by Gasteiger charge is -2.40. The summed E-state index contributed by atoms with van der Waals surface area (Å²) >= 11 is 3.71. The van der Waals surface area contributed by atoms with Crippen LogP contribution in [0.2, 0.25) is 0 Å². The van der Waals surface area contributed by atoms with E-state index in [1.165, 1.54) is 67.2 Å². The highest BCUT2D eigenvalue weighted by Gasteiger charge is 2.32. The summed E-state index contributed by atoms with van der Waals surface area (Å²) in [5, 5.41) is 7.61. The molecule has 3 rings (SSSR count). The standard InChI is InChI=1S/C18H27BrN2/c1-13-9-10-18(15(19)12-13)21-17-8-3-2-6-14(17)16-7-4-5-11-20-16/h9-10,12,14,16-17,20-21H,2-8,11H2,1H3. The molecular formula is C18H27BrN2. The first-order valence-electron chi connectivity index (χ1n) is 8.50. The van der Waals surface area contributed by atoms with Crippen LogP contribution < -0.4 is 10.6 Å². The lowest BCUT2D eigenvalue weighted by Crippen LogP contribution is -2.48. The van der Waals surface area contributed by atoms with Gasteiger partial charge in [-0.2, -0.15) is 0 Å². The van der Waals surface area contributed by atoms with Crippen molar-refractivity contribution in [3.05, 3.63) is 28.2 Å². The van der Waals surface area contributed by atoms with Gasteiger partial charge in [-0.15, -0.1) is 0 Å². The first kappa shape index (κ1) is 15.4. The molecule has 0 bridgehead atoms. The summed E-state index contributed by atoms with van der Waals surface area (Å²) < 4.78 is 1.20. The lowest BCUT2D eigenvalue weighted by atomic mass is 9.77. The second-order valence-electron chi connectivity index (χ2n) is 6.74. The van der Waals surface area contributed by atoms with E-state index >= 15 is 0 Å². The molecule has 1 saturated heterocycles. The molecule has 116 valence electrons. The minimum absolute atomic E-state index is 0.619. The van der Waals surface area contributed by atoms with Crippen molar-refractivity contribution in [2.24, 2.45) is 5.92 Å². The smallest absolute Gasteiger partial charge is 0.0487 e. The third kappa shape index (κ3) is 3.81. The molecule has 3 unspecified atom stereocenters. The molecule has 0 aromatic heterocycles. The quantitative estimate of drug-likeness (QED) is 0.812. The zero-order valence-corrected chi connectivity index (χ0v) is 14.6. The third-order valence-electron chi connectivity index (χ3n) is 5.15. The van der Waals surface area contributed by atoms with Crippen molar-refractivity contribution < 1.29 is 0 Å². The van der Waals surface area contributed by atoms with Crippen molar-refractivity contribution in [3.63, 3.8) is 0 Å². The average molecular weight is 351 g/mol. The molecule has 1 aliphatic heterocycles. The van der Waals surface area contributed by atoms with Gasteiger partial charge in [-0.25, -0.2) is 0 Å². The Morgan fingerprint density at radius 3 is 2.67 bits per heavy atom. The maximum Gasteiger partial charge on any atom is 0.0487 e. The minimum atomic E-state index is 0.619. The number of rotatable bonds is 3. The summed E-state index contributed by atoms with van der Waals surface area (Å²) in [5.41, 5.74) is 2.56. The van der Waals surface area contributed by atoms with Crippen LogP contribution in [0.15, 0.2) is 22.7 Å². The number of anilines is 1. The Morgan fingerprint density at radius 1 is 1.10 bits per heavy atom. The Balaban J connectivity index is 1.71. The van der Waals surface area contributed by atoms with Crippen LogP contribution in [-0.2, 0) is 0 Å². The molecule has 0 spiro atoms. The zero-order chi connectivity index (χ0) is 14.7. The van der Waals surface area contributed by atoms with Gasteiger partial charge in [0.25, 0.3) is 0 Å². The maximum absolute atomic E-state index is 3.84. The lowest BCUT2D eigenvalue weighted by molar-refractivity contribution is 0.217. The molecule has 3 heteroatoms. The van der Waals surface area contributed by atoms with Gasteiger partial charge in [0, 0.05) is 22.2 Å². The average Bonchev–Trinajstić information content (AvgIpc) is 2.51. The van der Waals surface area contributed by atoms with Gasteiger partial charge >= 0.3 is 0 Å². The number of nitrogens with one attached hydrogen (secondary N) is 2. The number of benzene rings is 1. The predicted molar refractivity (Wildman–Crippen MR) is 93.9 cm³/mol. The number of aryl methyl sites for hydroxylation is 1. The number of halogens is 1. The normalized spacial score (nSPS) is 30.1. The van der Waals surface area contributed by atoms with E-state index in [-0.39, 0.29) is 0 Å². The van der Waals surface area contributed by atoms with Crippen molar-refractivity contribution in [1.29, 1.82) is 0 Å². The molecule has 2 aliphatic rings. The van der Waals surface area contributed by atoms with Crippen molar-refractivity contribution in [1.82, 2.24) is 5.32 Å². The molecule has 1 aromatic carbocycles. The van der Waals surface area contributed by atoms with E-state index in [1.807, 2.05) is 0 Å². The fourth-order valence-corrected chi connectivity index (χ4v) is 4.61. The van der Waals surface area contributed by atoms with Crippen molar-refractivity contribution in [2.75, 3.05) is 11.9 Å². The number of piperidine rings is 1. The van der Waals surface area contributed by atoms with E-state index in [2.05, 4.69) is 51.7 Å². The van der Waals surface area contributed by atoms with Crippen LogP contribution in [0.4, 0.5) is 5.69 Å². The number of hydrogen-bond donors (Lipinski definition) is 2.